The molecule has 11 heteroatoms. The van der Waals surface area contributed by atoms with Crippen molar-refractivity contribution in [2.45, 2.75) is 63.8 Å². The first-order valence-electron chi connectivity index (χ1n) is 17.0. The monoisotopic (exact) mass is 646 g/mol. The van der Waals surface area contributed by atoms with Crippen LogP contribution in [0.15, 0.2) is 42.5 Å². The maximum atomic E-state index is 14.3. The van der Waals surface area contributed by atoms with Crippen LogP contribution >= 0.6 is 0 Å². The Hall–Kier alpha value is -3.25. The summed E-state index contributed by atoms with van der Waals surface area (Å²) in [6.07, 6.45) is 8.99. The number of carbonyl (C=O) groups excluding carboxylic acids is 2. The van der Waals surface area contributed by atoms with E-state index in [9.17, 15) is 18.0 Å². The average molecular weight is 647 g/mol. The van der Waals surface area contributed by atoms with Crippen molar-refractivity contribution in [3.8, 4) is 11.3 Å². The van der Waals surface area contributed by atoms with E-state index in [4.69, 9.17) is 0 Å². The molecular formula is C35H46N6O4S. The molecule has 2 saturated heterocycles. The minimum Gasteiger partial charge on any atom is -0.340 e. The van der Waals surface area contributed by atoms with E-state index in [0.717, 1.165) is 78.6 Å². The summed E-state index contributed by atoms with van der Waals surface area (Å²) >= 11 is 0. The number of benzene rings is 2. The molecule has 2 amide bonds. The molecule has 7 rings (SSSR count). The van der Waals surface area contributed by atoms with Gasteiger partial charge in [0.05, 0.1) is 11.6 Å². The summed E-state index contributed by atoms with van der Waals surface area (Å²) in [4.78, 5) is 29.7. The minimum absolute atomic E-state index is 0.191. The minimum atomic E-state index is -3.95. The van der Waals surface area contributed by atoms with E-state index < -0.39 is 16.1 Å². The molecule has 4 heterocycles. The van der Waals surface area contributed by atoms with Crippen molar-refractivity contribution in [1.29, 1.82) is 0 Å². The lowest BCUT2D eigenvalue weighted by molar-refractivity contribution is -0.141. The Kier molecular flexibility index (Phi) is 8.69. The van der Waals surface area contributed by atoms with E-state index in [1.54, 1.807) is 6.07 Å². The van der Waals surface area contributed by atoms with Gasteiger partial charge >= 0.3 is 10.2 Å². The fourth-order valence-electron chi connectivity index (χ4n) is 8.16. The number of rotatable bonds is 6. The Labute approximate surface area is 272 Å². The second-order valence-corrected chi connectivity index (χ2v) is 15.5. The number of nitrogens with zero attached hydrogens (tertiary/aromatic N) is 5. The first kappa shape index (κ1) is 31.4. The molecular weight excluding hydrogens is 600 g/mol. The second-order valence-electron chi connectivity index (χ2n) is 13.7. The highest BCUT2D eigenvalue weighted by molar-refractivity contribution is 7.87. The SMILES string of the molecule is CN(C)S(=O)(=O)NC(=O)c1ccc2c(C3CCCCC3)c3n(c2c1)CC(C(=O)N1CCN(N2CCCC2)CC1)Cc1ccccc1-3. The quantitative estimate of drug-likeness (QED) is 0.431. The second kappa shape index (κ2) is 12.7. The van der Waals surface area contributed by atoms with Crippen molar-refractivity contribution in [1.82, 2.24) is 28.5 Å². The maximum absolute atomic E-state index is 14.3. The number of hydrogen-bond acceptors (Lipinski definition) is 6. The summed E-state index contributed by atoms with van der Waals surface area (Å²) in [6.45, 7) is 5.93. The number of nitrogens with one attached hydrogen (secondary N) is 1. The first-order chi connectivity index (χ1) is 22.2. The summed E-state index contributed by atoms with van der Waals surface area (Å²) in [5.74, 6) is -0.332. The number of hydrogen-bond donors (Lipinski definition) is 1. The van der Waals surface area contributed by atoms with Crippen LogP contribution in [0.5, 0.6) is 0 Å². The van der Waals surface area contributed by atoms with Gasteiger partial charge in [-0.25, -0.2) is 14.7 Å². The predicted octanol–water partition coefficient (Wildman–Crippen LogP) is 4.22. The van der Waals surface area contributed by atoms with Gasteiger partial charge in [0, 0.05) is 81.9 Å². The predicted molar refractivity (Wildman–Crippen MR) is 179 cm³/mol. The average Bonchev–Trinajstić information content (AvgIpc) is 3.67. The van der Waals surface area contributed by atoms with Gasteiger partial charge < -0.3 is 9.47 Å². The molecule has 0 spiro atoms. The molecule has 10 nitrogen and oxygen atoms in total. The summed E-state index contributed by atoms with van der Waals surface area (Å²) < 4.78 is 30.5. The van der Waals surface area contributed by atoms with Gasteiger partial charge in [-0.15, -0.1) is 0 Å². The van der Waals surface area contributed by atoms with Crippen LogP contribution in [0.1, 0.15) is 72.3 Å². The normalized spacial score (nSPS) is 21.7. The molecule has 1 atom stereocenters. The third kappa shape index (κ3) is 5.87. The van der Waals surface area contributed by atoms with Crippen LogP contribution in [0, 0.1) is 5.92 Å². The highest BCUT2D eigenvalue weighted by Crippen LogP contribution is 2.47. The third-order valence-corrected chi connectivity index (χ3v) is 12.0. The van der Waals surface area contributed by atoms with Gasteiger partial charge in [-0.1, -0.05) is 49.6 Å². The molecule has 4 aliphatic rings. The molecule has 246 valence electrons. The fourth-order valence-corrected chi connectivity index (χ4v) is 8.69. The standard InChI is InChI=1S/C35H46N6O4S/c1-37(2)46(44,45)36-34(42)27-14-15-30-31(23-27)41-24-28(35(43)38-18-20-40(21-19-38)39-16-8-9-17-39)22-26-12-6-7-13-29(26)33(41)32(30)25-10-4-3-5-11-25/h6-7,12-15,23,25,28H,3-5,8-11,16-22,24H2,1-2H3,(H,36,42). The van der Waals surface area contributed by atoms with Gasteiger partial charge in [-0.3, -0.25) is 9.59 Å². The zero-order valence-electron chi connectivity index (χ0n) is 27.1. The molecule has 3 fully saturated rings. The van der Waals surface area contributed by atoms with E-state index in [-0.39, 0.29) is 17.4 Å². The van der Waals surface area contributed by atoms with Crippen LogP contribution in [-0.2, 0) is 28.0 Å². The van der Waals surface area contributed by atoms with Crippen LogP contribution in [0.2, 0.25) is 0 Å². The van der Waals surface area contributed by atoms with Crippen LogP contribution < -0.4 is 4.72 Å². The Balaban J connectivity index is 1.29. The van der Waals surface area contributed by atoms with Crippen molar-refractivity contribution in [2.24, 2.45) is 5.92 Å². The molecule has 1 unspecified atom stereocenters. The summed E-state index contributed by atoms with van der Waals surface area (Å²) in [7, 11) is -1.16. The van der Waals surface area contributed by atoms with Crippen molar-refractivity contribution >= 4 is 32.9 Å². The van der Waals surface area contributed by atoms with Gasteiger partial charge in [-0.05, 0) is 61.3 Å². The van der Waals surface area contributed by atoms with Gasteiger partial charge in [0.15, 0.2) is 0 Å². The lowest BCUT2D eigenvalue weighted by Gasteiger charge is -2.40. The highest BCUT2D eigenvalue weighted by Gasteiger charge is 2.36. The zero-order valence-corrected chi connectivity index (χ0v) is 27.9. The topological polar surface area (TPSA) is 98.2 Å². The molecule has 3 aromatic rings. The smallest absolute Gasteiger partial charge is 0.303 e. The van der Waals surface area contributed by atoms with Gasteiger partial charge in [0.1, 0.15) is 0 Å². The number of hydrazine groups is 1. The Bertz CT molecular complexity index is 1730. The van der Waals surface area contributed by atoms with E-state index in [1.165, 1.54) is 57.3 Å². The summed E-state index contributed by atoms with van der Waals surface area (Å²) in [6, 6.07) is 14.1. The number of fused-ring (bicyclic) bond motifs is 5. The molecule has 3 aliphatic heterocycles. The molecule has 1 N–H and O–H groups in total. The Morgan fingerprint density at radius 3 is 2.26 bits per heavy atom. The van der Waals surface area contributed by atoms with Gasteiger partial charge in [0.2, 0.25) is 5.91 Å². The van der Waals surface area contributed by atoms with Crippen LogP contribution in [0.25, 0.3) is 22.2 Å². The molecule has 1 aliphatic carbocycles. The van der Waals surface area contributed by atoms with Crippen molar-refractivity contribution < 1.29 is 18.0 Å². The fraction of sp³-hybridized carbons (Fsp3) is 0.543. The molecule has 46 heavy (non-hydrogen) atoms. The largest absolute Gasteiger partial charge is 0.340 e. The van der Waals surface area contributed by atoms with Crippen molar-refractivity contribution in [3.05, 3.63) is 59.2 Å². The van der Waals surface area contributed by atoms with Crippen LogP contribution in [0.4, 0.5) is 0 Å². The van der Waals surface area contributed by atoms with Crippen LogP contribution in [0.3, 0.4) is 0 Å². The number of amides is 2. The van der Waals surface area contributed by atoms with E-state index in [2.05, 4.69) is 48.5 Å². The highest BCUT2D eigenvalue weighted by atomic mass is 32.2. The summed E-state index contributed by atoms with van der Waals surface area (Å²) in [5.41, 5.74) is 5.98. The van der Waals surface area contributed by atoms with E-state index >= 15 is 0 Å². The van der Waals surface area contributed by atoms with Gasteiger partial charge in [0.25, 0.3) is 5.91 Å². The number of carbonyl (C=O) groups is 2. The summed E-state index contributed by atoms with van der Waals surface area (Å²) in [5, 5.41) is 5.97. The van der Waals surface area contributed by atoms with Gasteiger partial charge in [-0.2, -0.15) is 12.7 Å². The maximum Gasteiger partial charge on any atom is 0.303 e. The lowest BCUT2D eigenvalue weighted by Crippen LogP contribution is -2.55. The lowest BCUT2D eigenvalue weighted by atomic mass is 9.81. The van der Waals surface area contributed by atoms with E-state index in [1.807, 2.05) is 12.1 Å². The third-order valence-electron chi connectivity index (χ3n) is 10.6. The molecule has 0 radical (unpaired) electrons. The molecule has 0 bridgehead atoms. The first-order valence-corrected chi connectivity index (χ1v) is 18.4. The van der Waals surface area contributed by atoms with Crippen molar-refractivity contribution in [2.75, 3.05) is 53.4 Å². The zero-order chi connectivity index (χ0) is 32.0. The van der Waals surface area contributed by atoms with Crippen LogP contribution in [-0.4, -0.2) is 97.4 Å². The molecule has 2 aromatic carbocycles. The number of aromatic nitrogens is 1. The molecule has 1 aromatic heterocycles. The Morgan fingerprint density at radius 2 is 1.54 bits per heavy atom. The van der Waals surface area contributed by atoms with Crippen molar-refractivity contribution in [3.63, 3.8) is 0 Å². The molecule has 1 saturated carbocycles. The van der Waals surface area contributed by atoms with E-state index in [0.29, 0.717) is 18.9 Å². The number of piperazine rings is 1. The Morgan fingerprint density at radius 1 is 0.848 bits per heavy atom.